The molecule has 0 radical (unpaired) electrons. The number of fused-ring (bicyclic) bond motifs is 1. The van der Waals surface area contributed by atoms with Gasteiger partial charge in [-0.25, -0.2) is 9.48 Å². The quantitative estimate of drug-likeness (QED) is 0.583. The minimum Gasteiger partial charge on any atom is -0.322 e. The van der Waals surface area contributed by atoms with E-state index in [1.165, 1.54) is 5.56 Å². The fourth-order valence-corrected chi connectivity index (χ4v) is 3.60. The number of carbonyl (C=O) groups is 1. The number of hydrogen-bond donors (Lipinski definition) is 1. The molecule has 0 fully saturated rings. The second kappa shape index (κ2) is 7.09. The summed E-state index contributed by atoms with van der Waals surface area (Å²) in [6, 6.07) is 13.5. The number of imidazole rings is 1. The number of hydrogen-bond acceptors (Lipinski definition) is 3. The predicted molar refractivity (Wildman–Crippen MR) is 114 cm³/mol. The van der Waals surface area contributed by atoms with Crippen molar-refractivity contribution in [3.63, 3.8) is 0 Å². The highest BCUT2D eigenvalue weighted by Gasteiger charge is 2.18. The van der Waals surface area contributed by atoms with Crippen molar-refractivity contribution in [1.82, 2.24) is 18.9 Å². The van der Waals surface area contributed by atoms with Gasteiger partial charge in [-0.05, 0) is 43.7 Å². The summed E-state index contributed by atoms with van der Waals surface area (Å²) in [6.07, 6.45) is 2.27. The van der Waals surface area contributed by atoms with Crippen LogP contribution in [0.25, 0.3) is 16.7 Å². The summed E-state index contributed by atoms with van der Waals surface area (Å²) in [6.45, 7) is 4.04. The number of anilines is 1. The van der Waals surface area contributed by atoms with Gasteiger partial charge in [0.1, 0.15) is 0 Å². The molecule has 0 saturated carbocycles. The second-order valence-corrected chi connectivity index (χ2v) is 7.16. The number of nitrogens with zero attached hydrogens (tertiary/aromatic N) is 4. The molecule has 148 valence electrons. The van der Waals surface area contributed by atoms with E-state index in [1.54, 1.807) is 40.2 Å². The molecule has 2 aromatic carbocycles. The molecule has 0 atom stereocenters. The predicted octanol–water partition coefficient (Wildman–Crippen LogP) is 3.19. The zero-order valence-corrected chi connectivity index (χ0v) is 16.9. The van der Waals surface area contributed by atoms with Crippen molar-refractivity contribution in [2.45, 2.75) is 20.3 Å². The molecule has 0 aliphatic heterocycles. The van der Waals surface area contributed by atoms with E-state index in [1.807, 2.05) is 50.2 Å². The van der Waals surface area contributed by atoms with Gasteiger partial charge in [0.15, 0.2) is 0 Å². The minimum absolute atomic E-state index is 0.101. The van der Waals surface area contributed by atoms with Crippen molar-refractivity contribution in [2.24, 2.45) is 14.1 Å². The summed E-state index contributed by atoms with van der Waals surface area (Å²) < 4.78 is 4.96. The number of carbonyl (C=O) groups excluding carboxylic acids is 1. The summed E-state index contributed by atoms with van der Waals surface area (Å²) >= 11 is 0. The van der Waals surface area contributed by atoms with Crippen molar-refractivity contribution in [3.8, 4) is 5.69 Å². The lowest BCUT2D eigenvalue weighted by Crippen LogP contribution is -2.19. The molecule has 1 N–H and O–H groups in total. The van der Waals surface area contributed by atoms with Gasteiger partial charge >= 0.3 is 5.69 Å². The van der Waals surface area contributed by atoms with Crippen LogP contribution in [0.4, 0.5) is 5.69 Å². The van der Waals surface area contributed by atoms with Gasteiger partial charge in [0.25, 0.3) is 5.91 Å². The normalized spacial score (nSPS) is 11.2. The molecule has 7 nitrogen and oxygen atoms in total. The second-order valence-electron chi connectivity index (χ2n) is 7.16. The fourth-order valence-electron chi connectivity index (χ4n) is 3.60. The maximum atomic E-state index is 12.9. The molecular formula is C22H23N5O2. The number of rotatable bonds is 4. The van der Waals surface area contributed by atoms with Crippen LogP contribution < -0.4 is 11.0 Å². The molecule has 0 aliphatic rings. The van der Waals surface area contributed by atoms with Crippen molar-refractivity contribution in [1.29, 1.82) is 0 Å². The zero-order valence-electron chi connectivity index (χ0n) is 16.9. The summed E-state index contributed by atoms with van der Waals surface area (Å²) in [5, 5.41) is 7.37. The van der Waals surface area contributed by atoms with Gasteiger partial charge in [-0.2, -0.15) is 5.10 Å². The van der Waals surface area contributed by atoms with Crippen molar-refractivity contribution in [2.75, 3.05) is 5.32 Å². The zero-order chi connectivity index (χ0) is 20.7. The Kier molecular flexibility index (Phi) is 4.58. The van der Waals surface area contributed by atoms with E-state index in [9.17, 15) is 9.59 Å². The van der Waals surface area contributed by atoms with Crippen LogP contribution in [0.2, 0.25) is 0 Å². The summed E-state index contributed by atoms with van der Waals surface area (Å²) in [4.78, 5) is 25.1. The topological polar surface area (TPSA) is 73.8 Å². The van der Waals surface area contributed by atoms with Crippen LogP contribution >= 0.6 is 0 Å². The Morgan fingerprint density at radius 3 is 2.41 bits per heavy atom. The van der Waals surface area contributed by atoms with E-state index >= 15 is 0 Å². The van der Waals surface area contributed by atoms with E-state index in [0.717, 1.165) is 22.4 Å². The largest absolute Gasteiger partial charge is 0.328 e. The molecule has 7 heteroatoms. The summed E-state index contributed by atoms with van der Waals surface area (Å²) in [5.41, 5.74) is 5.59. The van der Waals surface area contributed by atoms with Gasteiger partial charge in [-0.15, -0.1) is 0 Å². The first-order chi connectivity index (χ1) is 13.9. The molecule has 4 aromatic rings. The van der Waals surface area contributed by atoms with Crippen LogP contribution in [0.5, 0.6) is 0 Å². The standard InChI is InChI=1S/C22H23N5O2/c1-5-18-17(13-23-27(18)16-9-6-14(2)7-10-16)21(28)24-15-8-11-19-20(12-15)26(4)22(29)25(19)3/h6-13H,5H2,1-4H3,(H,24,28). The highest BCUT2D eigenvalue weighted by molar-refractivity contribution is 6.05. The monoisotopic (exact) mass is 389 g/mol. The summed E-state index contributed by atoms with van der Waals surface area (Å²) in [5.74, 6) is -0.222. The molecule has 1 amide bonds. The first-order valence-corrected chi connectivity index (χ1v) is 9.51. The third-order valence-corrected chi connectivity index (χ3v) is 5.26. The van der Waals surface area contributed by atoms with Crippen molar-refractivity contribution < 1.29 is 4.79 Å². The lowest BCUT2D eigenvalue weighted by atomic mass is 10.1. The minimum atomic E-state index is -0.222. The van der Waals surface area contributed by atoms with Crippen LogP contribution in [0.3, 0.4) is 0 Å². The third-order valence-electron chi connectivity index (χ3n) is 5.26. The Balaban J connectivity index is 1.67. The van der Waals surface area contributed by atoms with Gasteiger partial charge in [0.2, 0.25) is 0 Å². The van der Waals surface area contributed by atoms with Crippen LogP contribution in [0.1, 0.15) is 28.5 Å². The van der Waals surface area contributed by atoms with E-state index in [0.29, 0.717) is 17.7 Å². The molecule has 0 spiro atoms. The molecule has 0 saturated heterocycles. The molecular weight excluding hydrogens is 366 g/mol. The fraction of sp³-hybridized carbons (Fsp3) is 0.227. The maximum Gasteiger partial charge on any atom is 0.328 e. The van der Waals surface area contributed by atoms with E-state index in [4.69, 9.17) is 0 Å². The SMILES string of the molecule is CCc1c(C(=O)Nc2ccc3c(c2)n(C)c(=O)n3C)cnn1-c1ccc(C)cc1. The number of nitrogens with one attached hydrogen (secondary N) is 1. The van der Waals surface area contributed by atoms with Crippen molar-refractivity contribution >= 4 is 22.6 Å². The van der Waals surface area contributed by atoms with Crippen LogP contribution in [-0.4, -0.2) is 24.8 Å². The molecule has 0 unspecified atom stereocenters. The lowest BCUT2D eigenvalue weighted by molar-refractivity contribution is 0.102. The van der Waals surface area contributed by atoms with Gasteiger partial charge in [0, 0.05) is 19.8 Å². The Morgan fingerprint density at radius 2 is 1.72 bits per heavy atom. The molecule has 0 bridgehead atoms. The van der Waals surface area contributed by atoms with Gasteiger partial charge < -0.3 is 5.32 Å². The van der Waals surface area contributed by atoms with E-state index < -0.39 is 0 Å². The Labute approximate surface area is 168 Å². The Morgan fingerprint density at radius 1 is 1.03 bits per heavy atom. The number of benzene rings is 2. The number of aromatic nitrogens is 4. The average Bonchev–Trinajstić information content (AvgIpc) is 3.24. The maximum absolute atomic E-state index is 12.9. The van der Waals surface area contributed by atoms with E-state index in [2.05, 4.69) is 10.4 Å². The van der Waals surface area contributed by atoms with Crippen LogP contribution in [0.15, 0.2) is 53.5 Å². The first-order valence-electron chi connectivity index (χ1n) is 9.51. The lowest BCUT2D eigenvalue weighted by Gasteiger charge is -2.09. The Hall–Kier alpha value is -3.61. The third kappa shape index (κ3) is 3.14. The molecule has 4 rings (SSSR count). The van der Waals surface area contributed by atoms with Crippen molar-refractivity contribution in [3.05, 3.63) is 76.0 Å². The summed E-state index contributed by atoms with van der Waals surface area (Å²) in [7, 11) is 3.45. The van der Waals surface area contributed by atoms with E-state index in [-0.39, 0.29) is 11.6 Å². The van der Waals surface area contributed by atoms with Gasteiger partial charge in [-0.1, -0.05) is 24.6 Å². The van der Waals surface area contributed by atoms with Crippen LogP contribution in [-0.2, 0) is 20.5 Å². The molecule has 2 aromatic heterocycles. The molecule has 29 heavy (non-hydrogen) atoms. The molecule has 0 aliphatic carbocycles. The first kappa shape index (κ1) is 18.7. The highest BCUT2D eigenvalue weighted by atomic mass is 16.2. The average molecular weight is 389 g/mol. The van der Waals surface area contributed by atoms with Crippen LogP contribution in [0, 0.1) is 6.92 Å². The number of aryl methyl sites for hydroxylation is 3. The highest BCUT2D eigenvalue weighted by Crippen LogP contribution is 2.21. The Bertz CT molecular complexity index is 1280. The smallest absolute Gasteiger partial charge is 0.322 e. The van der Waals surface area contributed by atoms with Gasteiger partial charge in [-0.3, -0.25) is 13.9 Å². The van der Waals surface area contributed by atoms with Gasteiger partial charge in [0.05, 0.1) is 34.2 Å². The molecule has 2 heterocycles. The number of amides is 1.